The van der Waals surface area contributed by atoms with Crippen molar-refractivity contribution in [1.82, 2.24) is 5.32 Å². The first-order valence-corrected chi connectivity index (χ1v) is 19.3. The highest BCUT2D eigenvalue weighted by Gasteiger charge is 2.78. The molecular weight excluding hydrogens is 754 g/mol. The van der Waals surface area contributed by atoms with Crippen LogP contribution in [0.15, 0.2) is 71.8 Å². The molecule has 6 rings (SSSR count). The van der Waals surface area contributed by atoms with Crippen LogP contribution in [0.5, 0.6) is 0 Å². The third-order valence-electron chi connectivity index (χ3n) is 12.6. The fraction of sp³-hybridized carbons (Fsp3) is 0.558. The quantitative estimate of drug-likeness (QED) is 0.147. The summed E-state index contributed by atoms with van der Waals surface area (Å²) in [6, 6.07) is 14.5. The average Bonchev–Trinajstić information content (AvgIpc) is 3.14. The number of esters is 3. The maximum absolute atomic E-state index is 15.3. The lowest BCUT2D eigenvalue weighted by Gasteiger charge is -2.67. The molecule has 0 unspecified atom stereocenters. The van der Waals surface area contributed by atoms with E-state index in [1.165, 1.54) is 26.0 Å². The highest BCUT2D eigenvalue weighted by Crippen LogP contribution is 2.64. The molecule has 0 radical (unpaired) electrons. The topological polar surface area (TPSA) is 224 Å². The molecule has 15 nitrogen and oxygen atoms in total. The summed E-state index contributed by atoms with van der Waals surface area (Å²) in [5.74, 6) is -5.55. The van der Waals surface area contributed by atoms with Crippen molar-refractivity contribution in [3.63, 3.8) is 0 Å². The monoisotopic (exact) mass is 807 g/mol. The molecule has 11 atom stereocenters. The minimum atomic E-state index is -2.27. The first-order chi connectivity index (χ1) is 27.0. The molecule has 1 aliphatic heterocycles. The van der Waals surface area contributed by atoms with Crippen molar-refractivity contribution in [2.24, 2.45) is 16.7 Å². The summed E-state index contributed by atoms with van der Waals surface area (Å²) in [7, 11) is 0. The Balaban J connectivity index is 1.52. The van der Waals surface area contributed by atoms with Crippen LogP contribution >= 0.6 is 0 Å². The molecule has 2 bridgehead atoms. The number of rotatable bonds is 8. The van der Waals surface area contributed by atoms with Crippen molar-refractivity contribution in [3.8, 4) is 0 Å². The Kier molecular flexibility index (Phi) is 11.2. The third-order valence-corrected chi connectivity index (χ3v) is 12.6. The summed E-state index contributed by atoms with van der Waals surface area (Å²) in [5, 5.41) is 51.0. The minimum Gasteiger partial charge on any atom is -0.459 e. The van der Waals surface area contributed by atoms with Gasteiger partial charge < -0.3 is 49.4 Å². The molecule has 1 saturated heterocycles. The van der Waals surface area contributed by atoms with E-state index in [0.717, 1.165) is 6.92 Å². The number of fused-ring (bicyclic) bond motifs is 5. The van der Waals surface area contributed by atoms with Gasteiger partial charge in [0.2, 0.25) is 0 Å². The summed E-state index contributed by atoms with van der Waals surface area (Å²) >= 11 is 0. The Labute approximate surface area is 336 Å². The van der Waals surface area contributed by atoms with Crippen molar-refractivity contribution in [2.75, 3.05) is 6.61 Å². The summed E-state index contributed by atoms with van der Waals surface area (Å²) in [5.41, 5.74) is -8.15. The van der Waals surface area contributed by atoms with Gasteiger partial charge in [-0.3, -0.25) is 9.59 Å². The Bertz CT molecular complexity index is 1980. The number of benzene rings is 2. The maximum atomic E-state index is 15.3. The van der Waals surface area contributed by atoms with Gasteiger partial charge in [0.15, 0.2) is 17.5 Å². The van der Waals surface area contributed by atoms with Gasteiger partial charge >= 0.3 is 24.0 Å². The number of aliphatic hydroxyl groups is 4. The molecule has 2 aromatic carbocycles. The SMILES string of the molecule is CC(=O)O[C@@]12CO[C@@H]1C[C@H](OC(=O)[C@@H](O)[C@H](NC(=O)OC(C)(C)C)c1ccccc1)[C@@]1(C)C(=O)[C@H](O)C3=C(C)[C@@H](O)C[C@@](O)([C@@H](OC(=O)c4ccccc4)[C@H]21)C3(C)C. The van der Waals surface area contributed by atoms with Crippen LogP contribution in [0.25, 0.3) is 0 Å². The van der Waals surface area contributed by atoms with Gasteiger partial charge in [0.1, 0.15) is 35.6 Å². The smallest absolute Gasteiger partial charge is 0.408 e. The molecule has 0 aromatic heterocycles. The van der Waals surface area contributed by atoms with Crippen molar-refractivity contribution < 1.29 is 68.1 Å². The van der Waals surface area contributed by atoms with E-state index in [1.54, 1.807) is 83.1 Å². The van der Waals surface area contributed by atoms with Gasteiger partial charge in [-0.15, -0.1) is 0 Å². The van der Waals surface area contributed by atoms with Crippen LogP contribution in [0.2, 0.25) is 0 Å². The number of aliphatic hydroxyl groups excluding tert-OH is 3. The number of ether oxygens (including phenoxy) is 5. The second-order valence-corrected chi connectivity index (χ2v) is 17.6. The van der Waals surface area contributed by atoms with Crippen LogP contribution in [0.1, 0.15) is 90.2 Å². The van der Waals surface area contributed by atoms with E-state index in [1.807, 2.05) is 0 Å². The minimum absolute atomic E-state index is 0.0245. The molecule has 58 heavy (non-hydrogen) atoms. The predicted molar refractivity (Wildman–Crippen MR) is 204 cm³/mol. The second kappa shape index (κ2) is 15.2. The normalized spacial score (nSPS) is 33.7. The zero-order chi connectivity index (χ0) is 42.7. The fourth-order valence-electron chi connectivity index (χ4n) is 9.60. The Morgan fingerprint density at radius 2 is 1.55 bits per heavy atom. The Morgan fingerprint density at radius 3 is 2.10 bits per heavy atom. The Hall–Kier alpha value is -4.67. The van der Waals surface area contributed by atoms with E-state index in [2.05, 4.69) is 5.32 Å². The van der Waals surface area contributed by atoms with Crippen LogP contribution in [0, 0.1) is 16.7 Å². The third kappa shape index (κ3) is 7.10. The van der Waals surface area contributed by atoms with Crippen molar-refractivity contribution >= 4 is 29.8 Å². The van der Waals surface area contributed by atoms with Gasteiger partial charge in [-0.25, -0.2) is 14.4 Å². The van der Waals surface area contributed by atoms with Gasteiger partial charge in [0.05, 0.1) is 35.6 Å². The number of Topliss-reactive ketones (excluding diaryl/α,β-unsaturated/α-hetero) is 1. The fourth-order valence-corrected chi connectivity index (χ4v) is 9.60. The molecule has 2 aromatic rings. The first-order valence-electron chi connectivity index (χ1n) is 19.3. The van der Waals surface area contributed by atoms with Crippen molar-refractivity contribution in [1.29, 1.82) is 0 Å². The molecule has 2 saturated carbocycles. The molecule has 1 amide bonds. The second-order valence-electron chi connectivity index (χ2n) is 17.6. The highest BCUT2D eigenvalue weighted by molar-refractivity contribution is 5.94. The van der Waals surface area contributed by atoms with E-state index in [4.69, 9.17) is 23.7 Å². The number of alkyl carbamates (subject to hydrolysis) is 1. The summed E-state index contributed by atoms with van der Waals surface area (Å²) < 4.78 is 29.9. The molecule has 5 N–H and O–H groups in total. The molecule has 3 fully saturated rings. The lowest BCUT2D eigenvalue weighted by atomic mass is 9.44. The van der Waals surface area contributed by atoms with Gasteiger partial charge in [-0.05, 0) is 63.5 Å². The number of amides is 1. The highest BCUT2D eigenvalue weighted by atomic mass is 16.6. The number of carbonyl (C=O) groups is 5. The van der Waals surface area contributed by atoms with Crippen molar-refractivity contribution in [2.45, 2.75) is 128 Å². The number of hydrogen-bond acceptors (Lipinski definition) is 14. The number of nitrogens with one attached hydrogen (secondary N) is 1. The largest absolute Gasteiger partial charge is 0.459 e. The maximum Gasteiger partial charge on any atom is 0.408 e. The summed E-state index contributed by atoms with van der Waals surface area (Å²) in [4.78, 5) is 69.7. The van der Waals surface area contributed by atoms with Crippen molar-refractivity contribution in [3.05, 3.63) is 82.9 Å². The molecule has 4 aliphatic rings. The van der Waals surface area contributed by atoms with E-state index in [0.29, 0.717) is 5.56 Å². The molecule has 15 heteroatoms. The van der Waals surface area contributed by atoms with E-state index < -0.39 is 112 Å². The summed E-state index contributed by atoms with van der Waals surface area (Å²) in [6.45, 7) is 11.7. The van der Waals surface area contributed by atoms with Crippen LogP contribution in [0.4, 0.5) is 4.79 Å². The van der Waals surface area contributed by atoms with Crippen LogP contribution in [0.3, 0.4) is 0 Å². The van der Waals surface area contributed by atoms with Crippen LogP contribution in [-0.2, 0) is 38.1 Å². The van der Waals surface area contributed by atoms with E-state index >= 15 is 4.79 Å². The van der Waals surface area contributed by atoms with Gasteiger partial charge in [0, 0.05) is 25.2 Å². The number of carbonyl (C=O) groups excluding carboxylic acids is 5. The average molecular weight is 808 g/mol. The van der Waals surface area contributed by atoms with Gasteiger partial charge in [0.25, 0.3) is 0 Å². The zero-order valence-electron chi connectivity index (χ0n) is 33.9. The van der Waals surface area contributed by atoms with Gasteiger partial charge in [-0.1, -0.05) is 62.4 Å². The number of hydrogen-bond donors (Lipinski definition) is 5. The lowest BCUT2D eigenvalue weighted by Crippen LogP contribution is -2.82. The molecule has 314 valence electrons. The molecule has 1 heterocycles. The number of ketones is 1. The molecular formula is C43H53NO14. The molecule has 0 spiro atoms. The van der Waals surface area contributed by atoms with Crippen LogP contribution < -0.4 is 5.32 Å². The predicted octanol–water partition coefficient (Wildman–Crippen LogP) is 3.26. The van der Waals surface area contributed by atoms with E-state index in [9.17, 15) is 39.6 Å². The lowest BCUT2D eigenvalue weighted by molar-refractivity contribution is -0.346. The van der Waals surface area contributed by atoms with Crippen LogP contribution in [-0.4, -0.2) is 110 Å². The summed E-state index contributed by atoms with van der Waals surface area (Å²) in [6.07, 6.45) is -11.7. The van der Waals surface area contributed by atoms with Gasteiger partial charge in [-0.2, -0.15) is 0 Å². The first kappa shape index (κ1) is 42.9. The molecule has 3 aliphatic carbocycles. The van der Waals surface area contributed by atoms with E-state index in [-0.39, 0.29) is 29.7 Å². The standard InChI is InChI=1S/C43H53NO14/c1-22-26(46)20-43(53)35(56-36(50)25-17-13-10-14-18-25)33-41(8,34(49)31(47)29(22)40(43,6)7)27(19-28-42(33,21-54-28)57-23(2)45)55-37(51)32(48)30(24-15-11-9-12-16-24)44-38(52)58-39(3,4)5/h9-18,26-28,30-33,35,46-48,53H,19-21H2,1-8H3,(H,44,52)/t26-,27-,28+,30+,31+,32-,33-,35-,41+,42-,43+/m0/s1. The Morgan fingerprint density at radius 1 is 0.948 bits per heavy atom. The zero-order valence-corrected chi connectivity index (χ0v) is 33.9.